The summed E-state index contributed by atoms with van der Waals surface area (Å²) in [5, 5.41) is 0. The minimum absolute atomic E-state index is 0.103. The molecular formula is C20H32N2O2. The van der Waals surface area contributed by atoms with E-state index in [2.05, 4.69) is 13.0 Å². The largest absolute Gasteiger partial charge is 0.341 e. The maximum atomic E-state index is 12.8. The molecule has 2 aliphatic carbocycles. The van der Waals surface area contributed by atoms with Crippen LogP contribution in [0.1, 0.15) is 66.7 Å². The van der Waals surface area contributed by atoms with Crippen LogP contribution in [0.15, 0.2) is 16.6 Å². The highest BCUT2D eigenvalue weighted by Gasteiger charge is 2.44. The van der Waals surface area contributed by atoms with Gasteiger partial charge in [0.1, 0.15) is 11.8 Å². The van der Waals surface area contributed by atoms with Crippen molar-refractivity contribution >= 4 is 17.4 Å². The van der Waals surface area contributed by atoms with Gasteiger partial charge in [0, 0.05) is 37.1 Å². The summed E-state index contributed by atoms with van der Waals surface area (Å²) in [5.74, 6) is 0.640. The third kappa shape index (κ3) is 3.79. The molecule has 0 aromatic rings. The monoisotopic (exact) mass is 332 g/mol. The lowest BCUT2D eigenvalue weighted by Gasteiger charge is -2.33. The molecule has 0 heterocycles. The molecule has 2 atom stereocenters. The van der Waals surface area contributed by atoms with Crippen LogP contribution in [0, 0.1) is 11.3 Å². The molecule has 0 aromatic heterocycles. The van der Waals surface area contributed by atoms with Gasteiger partial charge in [-0.1, -0.05) is 19.4 Å². The van der Waals surface area contributed by atoms with E-state index >= 15 is 0 Å². The molecule has 2 rings (SSSR count). The summed E-state index contributed by atoms with van der Waals surface area (Å²) >= 11 is 0. The second kappa shape index (κ2) is 7.62. The zero-order chi connectivity index (χ0) is 17.9. The van der Waals surface area contributed by atoms with E-state index in [4.69, 9.17) is 4.99 Å². The molecule has 1 saturated carbocycles. The van der Waals surface area contributed by atoms with Crippen molar-refractivity contribution in [3.05, 3.63) is 11.6 Å². The molecule has 0 radical (unpaired) electrons. The number of ketones is 1. The Kier molecular flexibility index (Phi) is 6.00. The Morgan fingerprint density at radius 1 is 1.29 bits per heavy atom. The van der Waals surface area contributed by atoms with Crippen LogP contribution in [0.2, 0.25) is 0 Å². The summed E-state index contributed by atoms with van der Waals surface area (Å²) in [6.07, 6.45) is 6.32. The maximum Gasteiger partial charge on any atom is 0.247 e. The van der Waals surface area contributed by atoms with Gasteiger partial charge in [0.2, 0.25) is 5.91 Å². The Labute approximate surface area is 146 Å². The fraction of sp³-hybridized carbons (Fsp3) is 0.750. The van der Waals surface area contributed by atoms with Crippen LogP contribution in [0.3, 0.4) is 0 Å². The average Bonchev–Trinajstić information content (AvgIpc) is 2.85. The number of likely N-dealkylation sites (N-methyl/N-ethyl adjacent to an activating group) is 1. The Bertz CT molecular complexity index is 558. The summed E-state index contributed by atoms with van der Waals surface area (Å²) in [6, 6.07) is -0.351. The van der Waals surface area contributed by atoms with Crippen molar-refractivity contribution in [3.8, 4) is 0 Å². The van der Waals surface area contributed by atoms with Crippen molar-refractivity contribution in [1.29, 1.82) is 0 Å². The number of Topliss-reactive ketones (excluding diaryl/α,β-unsaturated/α-hetero) is 1. The van der Waals surface area contributed by atoms with E-state index in [1.807, 2.05) is 32.6 Å². The predicted molar refractivity (Wildman–Crippen MR) is 98.3 cm³/mol. The first-order valence-corrected chi connectivity index (χ1v) is 9.39. The van der Waals surface area contributed by atoms with E-state index in [1.54, 1.807) is 0 Å². The summed E-state index contributed by atoms with van der Waals surface area (Å²) in [7, 11) is 0. The molecule has 1 fully saturated rings. The molecule has 1 amide bonds. The third-order valence-electron chi connectivity index (χ3n) is 5.46. The third-order valence-corrected chi connectivity index (χ3v) is 5.46. The molecule has 24 heavy (non-hydrogen) atoms. The van der Waals surface area contributed by atoms with Crippen molar-refractivity contribution < 1.29 is 9.59 Å². The molecule has 1 spiro atoms. The normalized spacial score (nSPS) is 27.0. The number of nitrogens with zero attached hydrogens (tertiary/aromatic N) is 2. The van der Waals surface area contributed by atoms with Gasteiger partial charge in [-0.05, 0) is 52.0 Å². The van der Waals surface area contributed by atoms with Gasteiger partial charge in [-0.15, -0.1) is 0 Å². The van der Waals surface area contributed by atoms with E-state index in [0.717, 1.165) is 25.0 Å². The Balaban J connectivity index is 2.30. The number of carbonyl (C=O) groups excluding carboxylic acids is 2. The smallest absolute Gasteiger partial charge is 0.247 e. The van der Waals surface area contributed by atoms with Gasteiger partial charge in [0.15, 0.2) is 0 Å². The zero-order valence-corrected chi connectivity index (χ0v) is 15.9. The van der Waals surface area contributed by atoms with Crippen LogP contribution < -0.4 is 0 Å². The highest BCUT2D eigenvalue weighted by molar-refractivity contribution is 6.03. The summed E-state index contributed by atoms with van der Waals surface area (Å²) in [6.45, 7) is 11.6. The molecule has 4 nitrogen and oxygen atoms in total. The van der Waals surface area contributed by atoms with Gasteiger partial charge in [0.05, 0.1) is 0 Å². The van der Waals surface area contributed by atoms with Crippen molar-refractivity contribution in [2.75, 3.05) is 13.1 Å². The molecule has 0 bridgehead atoms. The lowest BCUT2D eigenvalue weighted by molar-refractivity contribution is -0.133. The minimum atomic E-state index is -0.351. The van der Waals surface area contributed by atoms with Gasteiger partial charge in [-0.25, -0.2) is 0 Å². The fourth-order valence-corrected chi connectivity index (χ4v) is 4.17. The minimum Gasteiger partial charge on any atom is -0.341 e. The Morgan fingerprint density at radius 3 is 2.46 bits per heavy atom. The Hall–Kier alpha value is -1.45. The summed E-state index contributed by atoms with van der Waals surface area (Å²) in [4.78, 5) is 32.0. The van der Waals surface area contributed by atoms with Crippen LogP contribution in [-0.2, 0) is 9.59 Å². The number of aliphatic imine (C=N–C) groups is 1. The van der Waals surface area contributed by atoms with Crippen LogP contribution >= 0.6 is 0 Å². The van der Waals surface area contributed by atoms with Gasteiger partial charge < -0.3 is 4.90 Å². The topological polar surface area (TPSA) is 49.7 Å². The highest BCUT2D eigenvalue weighted by Crippen LogP contribution is 2.45. The first-order valence-electron chi connectivity index (χ1n) is 9.39. The molecule has 0 unspecified atom stereocenters. The lowest BCUT2D eigenvalue weighted by Crippen LogP contribution is -2.41. The summed E-state index contributed by atoms with van der Waals surface area (Å²) in [5.41, 5.74) is 1.92. The standard InChI is InChI=1S/C20H32N2O2/c1-6-22(7-2)19(24)18(14(3)4)21-16-11-15(5)12-20(13-16)10-8-9-17(20)23/h11,14,18H,6-10,12-13H2,1-5H3/t18-,20+/m0/s1. The van der Waals surface area contributed by atoms with Crippen molar-refractivity contribution in [2.24, 2.45) is 16.3 Å². The number of rotatable bonds is 5. The number of carbonyl (C=O) groups is 2. The van der Waals surface area contributed by atoms with Crippen molar-refractivity contribution in [1.82, 2.24) is 4.90 Å². The van der Waals surface area contributed by atoms with Crippen molar-refractivity contribution in [3.63, 3.8) is 0 Å². The summed E-state index contributed by atoms with van der Waals surface area (Å²) < 4.78 is 0. The van der Waals surface area contributed by atoms with Crippen LogP contribution in [-0.4, -0.2) is 41.4 Å². The molecule has 4 heteroatoms. The second-order valence-electron chi connectivity index (χ2n) is 7.72. The second-order valence-corrected chi connectivity index (χ2v) is 7.72. The van der Waals surface area contributed by atoms with Crippen LogP contribution in [0.25, 0.3) is 0 Å². The molecule has 0 saturated heterocycles. The first-order chi connectivity index (χ1) is 11.3. The van der Waals surface area contributed by atoms with Gasteiger partial charge in [0.25, 0.3) is 0 Å². The molecule has 134 valence electrons. The number of hydrogen-bond acceptors (Lipinski definition) is 3. The number of allylic oxidation sites excluding steroid dienone is 2. The molecule has 0 N–H and O–H groups in total. The maximum absolute atomic E-state index is 12.8. The van der Waals surface area contributed by atoms with Crippen LogP contribution in [0.5, 0.6) is 0 Å². The lowest BCUT2D eigenvalue weighted by atomic mass is 9.71. The van der Waals surface area contributed by atoms with E-state index in [1.165, 1.54) is 5.57 Å². The predicted octanol–water partition coefficient (Wildman–Crippen LogP) is 3.80. The van der Waals surface area contributed by atoms with Gasteiger partial charge >= 0.3 is 0 Å². The fourth-order valence-electron chi connectivity index (χ4n) is 4.17. The van der Waals surface area contributed by atoms with E-state index in [9.17, 15) is 9.59 Å². The molecule has 0 aromatic carbocycles. The van der Waals surface area contributed by atoms with Crippen LogP contribution in [0.4, 0.5) is 0 Å². The average molecular weight is 332 g/mol. The van der Waals surface area contributed by atoms with E-state index in [0.29, 0.717) is 31.7 Å². The number of hydrogen-bond donors (Lipinski definition) is 0. The molecule has 0 aliphatic heterocycles. The highest BCUT2D eigenvalue weighted by atomic mass is 16.2. The van der Waals surface area contributed by atoms with Gasteiger partial charge in [-0.3, -0.25) is 14.6 Å². The molecular weight excluding hydrogens is 300 g/mol. The van der Waals surface area contributed by atoms with Gasteiger partial charge in [-0.2, -0.15) is 0 Å². The Morgan fingerprint density at radius 2 is 1.96 bits per heavy atom. The quantitative estimate of drug-likeness (QED) is 0.769. The van der Waals surface area contributed by atoms with E-state index in [-0.39, 0.29) is 23.3 Å². The van der Waals surface area contributed by atoms with E-state index < -0.39 is 0 Å². The zero-order valence-electron chi connectivity index (χ0n) is 15.9. The molecule has 2 aliphatic rings. The SMILES string of the molecule is CCN(CC)C(=O)[C@@H](N=C1C=C(C)C[C@]2(CCCC2=O)C1)C(C)C. The first kappa shape index (κ1) is 18.9. The van der Waals surface area contributed by atoms with Crippen molar-refractivity contribution in [2.45, 2.75) is 72.8 Å². The number of amides is 1.